The van der Waals surface area contributed by atoms with Gasteiger partial charge >= 0.3 is 0 Å². The van der Waals surface area contributed by atoms with Gasteiger partial charge in [0, 0.05) is 27.9 Å². The van der Waals surface area contributed by atoms with Crippen LogP contribution in [0.5, 0.6) is 0 Å². The molecule has 1 aliphatic rings. The van der Waals surface area contributed by atoms with E-state index in [1.807, 2.05) is 22.7 Å². The second-order valence-electron chi connectivity index (χ2n) is 5.70. The number of nitrogens with one attached hydrogen (secondary N) is 1. The van der Waals surface area contributed by atoms with Crippen molar-refractivity contribution < 1.29 is 0 Å². The van der Waals surface area contributed by atoms with Crippen molar-refractivity contribution in [1.82, 2.24) is 5.32 Å². The van der Waals surface area contributed by atoms with Gasteiger partial charge in [0.2, 0.25) is 0 Å². The zero-order chi connectivity index (χ0) is 13.6. The average molecular weight is 306 g/mol. The van der Waals surface area contributed by atoms with E-state index in [2.05, 4.69) is 34.3 Å². The van der Waals surface area contributed by atoms with Gasteiger partial charge < -0.3 is 5.32 Å². The molecule has 0 spiro atoms. The van der Waals surface area contributed by atoms with Gasteiger partial charge in [-0.05, 0) is 35.7 Å². The number of thiophene rings is 2. The first-order chi connectivity index (χ1) is 9.92. The normalized spacial score (nSPS) is 17.8. The van der Waals surface area contributed by atoms with Crippen LogP contribution in [-0.2, 0) is 6.54 Å². The lowest BCUT2D eigenvalue weighted by atomic mass is 9.97. The maximum Gasteiger partial charge on any atom is 0.0351 e. The minimum absolute atomic E-state index is 0.739. The van der Waals surface area contributed by atoms with E-state index in [0.717, 1.165) is 12.6 Å². The van der Waals surface area contributed by atoms with Crippen LogP contribution in [0, 0.1) is 0 Å². The molecular weight excluding hydrogens is 282 g/mol. The summed E-state index contributed by atoms with van der Waals surface area (Å²) in [6, 6.07) is 7.43. The molecule has 1 nitrogen and oxygen atoms in total. The predicted octanol–water partition coefficient (Wildman–Crippen LogP) is 5.68. The minimum Gasteiger partial charge on any atom is -0.309 e. The molecule has 20 heavy (non-hydrogen) atoms. The van der Waals surface area contributed by atoms with E-state index >= 15 is 0 Å². The summed E-state index contributed by atoms with van der Waals surface area (Å²) in [4.78, 5) is 2.86. The van der Waals surface area contributed by atoms with Gasteiger partial charge in [0.05, 0.1) is 0 Å². The third-order valence-corrected chi connectivity index (χ3v) is 5.99. The third-order valence-electron chi connectivity index (χ3n) is 4.13. The lowest BCUT2D eigenvalue weighted by Gasteiger charge is -2.20. The molecule has 108 valence electrons. The van der Waals surface area contributed by atoms with Crippen LogP contribution in [0.25, 0.3) is 10.4 Å². The molecule has 2 aromatic heterocycles. The number of hydrogen-bond donors (Lipinski definition) is 1. The predicted molar refractivity (Wildman–Crippen MR) is 90.6 cm³/mol. The molecule has 0 aromatic carbocycles. The van der Waals surface area contributed by atoms with Crippen molar-refractivity contribution in [3.63, 3.8) is 0 Å². The summed E-state index contributed by atoms with van der Waals surface area (Å²) in [5.41, 5.74) is 1.39. The first kappa shape index (κ1) is 14.3. The topological polar surface area (TPSA) is 12.0 Å². The van der Waals surface area contributed by atoms with Crippen molar-refractivity contribution in [2.45, 2.75) is 57.5 Å². The summed E-state index contributed by atoms with van der Waals surface area (Å²) in [5, 5.41) is 8.22. The van der Waals surface area contributed by atoms with Gasteiger partial charge in [-0.1, -0.05) is 38.2 Å². The second kappa shape index (κ2) is 7.39. The van der Waals surface area contributed by atoms with Crippen LogP contribution in [-0.4, -0.2) is 6.04 Å². The molecule has 1 saturated carbocycles. The molecule has 0 unspecified atom stereocenters. The Morgan fingerprint density at radius 3 is 2.60 bits per heavy atom. The molecule has 0 bridgehead atoms. The molecule has 0 radical (unpaired) electrons. The first-order valence-electron chi connectivity index (χ1n) is 7.76. The largest absolute Gasteiger partial charge is 0.309 e. The van der Waals surface area contributed by atoms with Crippen molar-refractivity contribution in [3.05, 3.63) is 33.8 Å². The third kappa shape index (κ3) is 3.94. The van der Waals surface area contributed by atoms with Gasteiger partial charge in [0.25, 0.3) is 0 Å². The van der Waals surface area contributed by atoms with E-state index in [0.29, 0.717) is 0 Å². The van der Waals surface area contributed by atoms with Crippen LogP contribution in [0.1, 0.15) is 49.8 Å². The van der Waals surface area contributed by atoms with Crippen molar-refractivity contribution in [2.24, 2.45) is 0 Å². The highest BCUT2D eigenvalue weighted by Crippen LogP contribution is 2.29. The summed E-state index contributed by atoms with van der Waals surface area (Å²) in [6.45, 7) is 1.04. The van der Waals surface area contributed by atoms with E-state index in [4.69, 9.17) is 0 Å². The molecule has 1 N–H and O–H groups in total. The Morgan fingerprint density at radius 2 is 1.85 bits per heavy atom. The first-order valence-corrected chi connectivity index (χ1v) is 9.52. The van der Waals surface area contributed by atoms with Gasteiger partial charge in [-0.3, -0.25) is 0 Å². The van der Waals surface area contributed by atoms with Gasteiger partial charge in [0.15, 0.2) is 0 Å². The van der Waals surface area contributed by atoms with Crippen LogP contribution >= 0.6 is 22.7 Å². The lowest BCUT2D eigenvalue weighted by molar-refractivity contribution is 0.390. The molecule has 0 amide bonds. The minimum atomic E-state index is 0.739. The number of hydrogen-bond acceptors (Lipinski definition) is 3. The van der Waals surface area contributed by atoms with Gasteiger partial charge in [-0.25, -0.2) is 0 Å². The Bertz CT molecular complexity index is 493. The van der Waals surface area contributed by atoms with Crippen molar-refractivity contribution in [3.8, 4) is 10.4 Å². The smallest absolute Gasteiger partial charge is 0.0351 e. The molecule has 0 aliphatic heterocycles. The molecule has 0 atom stereocenters. The van der Waals surface area contributed by atoms with Crippen molar-refractivity contribution in [2.75, 3.05) is 0 Å². The van der Waals surface area contributed by atoms with Crippen LogP contribution in [0.15, 0.2) is 29.0 Å². The van der Waals surface area contributed by atoms with Crippen LogP contribution in [0.3, 0.4) is 0 Å². The molecule has 3 rings (SSSR count). The van der Waals surface area contributed by atoms with Crippen LogP contribution in [0.4, 0.5) is 0 Å². The van der Waals surface area contributed by atoms with Crippen LogP contribution < -0.4 is 5.32 Å². The fraction of sp³-hybridized carbons (Fsp3) is 0.529. The highest BCUT2D eigenvalue weighted by molar-refractivity contribution is 7.14. The fourth-order valence-corrected chi connectivity index (χ4v) is 4.58. The highest BCUT2D eigenvalue weighted by atomic mass is 32.1. The standard InChI is InChI=1S/C17H23NS2/c1-2-4-7-15(8-5-3-1)18-12-16-11-14(13-20-16)17-9-6-10-19-17/h6,9-11,13,15,18H,1-5,7-8,12H2. The summed E-state index contributed by atoms with van der Waals surface area (Å²) < 4.78 is 0. The van der Waals surface area contributed by atoms with E-state index in [1.54, 1.807) is 0 Å². The monoisotopic (exact) mass is 305 g/mol. The molecule has 1 fully saturated rings. The Kier molecular flexibility index (Phi) is 5.29. The Hall–Kier alpha value is -0.640. The van der Waals surface area contributed by atoms with Gasteiger partial charge in [0.1, 0.15) is 0 Å². The maximum atomic E-state index is 3.78. The summed E-state index contributed by atoms with van der Waals surface area (Å²) in [6.07, 6.45) is 9.85. The van der Waals surface area contributed by atoms with Gasteiger partial charge in [-0.2, -0.15) is 0 Å². The van der Waals surface area contributed by atoms with E-state index < -0.39 is 0 Å². The summed E-state index contributed by atoms with van der Waals surface area (Å²) in [5.74, 6) is 0. The molecular formula is C17H23NS2. The Labute approximate surface area is 130 Å². The van der Waals surface area contributed by atoms with E-state index in [1.165, 1.54) is 60.3 Å². The zero-order valence-electron chi connectivity index (χ0n) is 11.9. The summed E-state index contributed by atoms with van der Waals surface area (Å²) in [7, 11) is 0. The maximum absolute atomic E-state index is 3.78. The second-order valence-corrected chi connectivity index (χ2v) is 7.65. The Balaban J connectivity index is 1.53. The fourth-order valence-electron chi connectivity index (χ4n) is 2.95. The number of rotatable bonds is 4. The van der Waals surface area contributed by atoms with Gasteiger partial charge in [-0.15, -0.1) is 22.7 Å². The molecule has 0 saturated heterocycles. The summed E-state index contributed by atoms with van der Waals surface area (Å²) >= 11 is 3.72. The average Bonchev–Trinajstić information content (AvgIpc) is 3.08. The Morgan fingerprint density at radius 1 is 1.05 bits per heavy atom. The highest BCUT2D eigenvalue weighted by Gasteiger charge is 2.11. The van der Waals surface area contributed by atoms with Crippen LogP contribution in [0.2, 0.25) is 0 Å². The van der Waals surface area contributed by atoms with E-state index in [9.17, 15) is 0 Å². The van der Waals surface area contributed by atoms with E-state index in [-0.39, 0.29) is 0 Å². The SMILES string of the molecule is c1csc(-c2csc(CNC3CCCCCCC3)c2)c1. The lowest BCUT2D eigenvalue weighted by Crippen LogP contribution is -2.28. The zero-order valence-corrected chi connectivity index (χ0v) is 13.6. The van der Waals surface area contributed by atoms with Crippen molar-refractivity contribution >= 4 is 22.7 Å². The molecule has 2 aromatic rings. The van der Waals surface area contributed by atoms with Crippen molar-refractivity contribution in [1.29, 1.82) is 0 Å². The molecule has 3 heteroatoms. The molecule has 2 heterocycles. The quantitative estimate of drug-likeness (QED) is 0.766. The molecule has 1 aliphatic carbocycles.